The summed E-state index contributed by atoms with van der Waals surface area (Å²) < 4.78 is 35.7. The van der Waals surface area contributed by atoms with Crippen molar-refractivity contribution in [3.05, 3.63) is 12.2 Å². The Morgan fingerprint density at radius 1 is 0.583 bits per heavy atom. The van der Waals surface area contributed by atoms with E-state index in [1.807, 2.05) is 0 Å². The quantitative estimate of drug-likeness (QED) is 0.0593. The second-order valence-corrected chi connectivity index (χ2v) is 12.0. The van der Waals surface area contributed by atoms with Gasteiger partial charge in [-0.3, -0.25) is 4.55 Å². The van der Waals surface area contributed by atoms with Crippen molar-refractivity contribution in [3.8, 4) is 0 Å². The topological polar surface area (TPSA) is 63.6 Å². The van der Waals surface area contributed by atoms with E-state index >= 15 is 0 Å². The van der Waals surface area contributed by atoms with Gasteiger partial charge in [0.25, 0.3) is 0 Å². The molecule has 0 saturated heterocycles. The van der Waals surface area contributed by atoms with Gasteiger partial charge in [0.1, 0.15) is 0 Å². The summed E-state index contributed by atoms with van der Waals surface area (Å²) in [5.41, 5.74) is 0. The van der Waals surface area contributed by atoms with Gasteiger partial charge in [-0.2, -0.15) is 8.42 Å². The first-order chi connectivity index (χ1) is 17.5. The molecule has 0 rings (SSSR count). The zero-order valence-corrected chi connectivity index (χ0v) is 25.0. The molecule has 1 atom stereocenters. The van der Waals surface area contributed by atoms with Crippen LogP contribution in [0.15, 0.2) is 12.2 Å². The monoisotopic (exact) mass is 530 g/mol. The predicted octanol–water partition coefficient (Wildman–Crippen LogP) is 10.8. The molecule has 0 fully saturated rings. The van der Waals surface area contributed by atoms with Crippen LogP contribution in [0.25, 0.3) is 0 Å². The minimum Gasteiger partial charge on any atom is -0.264 e. The molecule has 0 radical (unpaired) electrons. The predicted molar refractivity (Wildman–Crippen MR) is 157 cm³/mol. The van der Waals surface area contributed by atoms with Crippen LogP contribution >= 0.6 is 0 Å². The molecule has 1 N–H and O–H groups in total. The van der Waals surface area contributed by atoms with Gasteiger partial charge in [0.2, 0.25) is 0 Å². The van der Waals surface area contributed by atoms with Gasteiger partial charge in [0.15, 0.2) is 0 Å². The van der Waals surface area contributed by atoms with Crippen molar-refractivity contribution in [2.24, 2.45) is 5.92 Å². The van der Waals surface area contributed by atoms with Crippen LogP contribution in [0.5, 0.6) is 0 Å². The highest BCUT2D eigenvalue weighted by Crippen LogP contribution is 2.17. The molecule has 0 saturated carbocycles. The molecule has 0 aromatic carbocycles. The molecule has 1 unspecified atom stereocenters. The third kappa shape index (κ3) is 29.8. The Morgan fingerprint density at radius 3 is 1.33 bits per heavy atom. The first kappa shape index (κ1) is 35.6. The summed E-state index contributed by atoms with van der Waals surface area (Å²) in [6.07, 6.45) is 36.8. The molecule has 0 aliphatic heterocycles. The third-order valence-electron chi connectivity index (χ3n) is 7.24. The first-order valence-electron chi connectivity index (χ1n) is 15.8. The molecule has 36 heavy (non-hydrogen) atoms. The maximum Gasteiger partial charge on any atom is 0.397 e. The molecule has 4 nitrogen and oxygen atoms in total. The van der Waals surface area contributed by atoms with E-state index < -0.39 is 10.4 Å². The zero-order valence-electron chi connectivity index (χ0n) is 24.2. The molecular formula is C31H62O4S. The Bertz CT molecular complexity index is 559. The van der Waals surface area contributed by atoms with Gasteiger partial charge in [-0.25, -0.2) is 4.18 Å². The highest BCUT2D eigenvalue weighted by Gasteiger charge is 2.11. The van der Waals surface area contributed by atoms with Gasteiger partial charge in [-0.05, 0) is 19.3 Å². The maximum atomic E-state index is 11.0. The van der Waals surface area contributed by atoms with Crippen LogP contribution < -0.4 is 0 Å². The third-order valence-corrected chi connectivity index (χ3v) is 7.68. The molecule has 0 amide bonds. The molecule has 5 heteroatoms. The number of hydrogen-bond acceptors (Lipinski definition) is 3. The Labute approximate surface area is 226 Å². The summed E-state index contributed by atoms with van der Waals surface area (Å²) in [4.78, 5) is 0. The van der Waals surface area contributed by atoms with Crippen LogP contribution in [0.4, 0.5) is 0 Å². The molecule has 0 aliphatic rings. The number of allylic oxidation sites excluding steroid dienone is 1. The summed E-state index contributed by atoms with van der Waals surface area (Å²) in [6.45, 7) is 4.58. The molecular weight excluding hydrogens is 468 g/mol. The molecule has 0 aromatic heterocycles. The van der Waals surface area contributed by atoms with E-state index in [4.69, 9.17) is 4.55 Å². The van der Waals surface area contributed by atoms with Gasteiger partial charge in [0.05, 0.1) is 6.61 Å². The van der Waals surface area contributed by atoms with Crippen LogP contribution in [0.1, 0.15) is 174 Å². The van der Waals surface area contributed by atoms with Crippen LogP contribution in [-0.2, 0) is 14.6 Å². The van der Waals surface area contributed by atoms with E-state index in [0.717, 1.165) is 19.3 Å². The molecule has 0 aromatic rings. The molecule has 0 heterocycles. The van der Waals surface area contributed by atoms with Gasteiger partial charge >= 0.3 is 10.4 Å². The van der Waals surface area contributed by atoms with Crippen LogP contribution in [0, 0.1) is 5.92 Å². The van der Waals surface area contributed by atoms with E-state index in [2.05, 4.69) is 30.2 Å². The van der Waals surface area contributed by atoms with E-state index in [-0.39, 0.29) is 12.5 Å². The van der Waals surface area contributed by atoms with Gasteiger partial charge in [-0.15, -0.1) is 0 Å². The Balaban J connectivity index is 3.82. The molecule has 0 bridgehead atoms. The lowest BCUT2D eigenvalue weighted by Crippen LogP contribution is -2.12. The molecule has 0 aliphatic carbocycles. The number of unbranched alkanes of at least 4 members (excludes halogenated alkanes) is 22. The smallest absolute Gasteiger partial charge is 0.264 e. The van der Waals surface area contributed by atoms with E-state index in [9.17, 15) is 8.42 Å². The number of hydrogen-bond donors (Lipinski definition) is 1. The molecule has 216 valence electrons. The minimum atomic E-state index is -4.37. The fraction of sp³-hybridized carbons (Fsp3) is 0.935. The maximum absolute atomic E-state index is 11.0. The lowest BCUT2D eigenvalue weighted by Gasteiger charge is -2.12. The fourth-order valence-corrected chi connectivity index (χ4v) is 5.22. The Hall–Kier alpha value is -0.390. The van der Waals surface area contributed by atoms with Crippen LogP contribution in [-0.4, -0.2) is 19.6 Å². The summed E-state index contributed by atoms with van der Waals surface area (Å²) in [5, 5.41) is 0. The lowest BCUT2D eigenvalue weighted by molar-refractivity contribution is 0.234. The summed E-state index contributed by atoms with van der Waals surface area (Å²) in [6, 6.07) is 0. The van der Waals surface area contributed by atoms with Crippen molar-refractivity contribution in [3.63, 3.8) is 0 Å². The largest absolute Gasteiger partial charge is 0.397 e. The van der Waals surface area contributed by atoms with Crippen molar-refractivity contribution in [2.75, 3.05) is 6.61 Å². The van der Waals surface area contributed by atoms with Gasteiger partial charge < -0.3 is 0 Å². The van der Waals surface area contributed by atoms with Crippen molar-refractivity contribution in [1.29, 1.82) is 0 Å². The SMILES string of the molecule is CCCCCCCCCCCCC/C=C/C(CCCCCCCCCCCCCC)COS(=O)(=O)O. The van der Waals surface area contributed by atoms with Gasteiger partial charge in [0, 0.05) is 5.92 Å². The highest BCUT2D eigenvalue weighted by atomic mass is 32.3. The Kier molecular flexibility index (Phi) is 27.3. The van der Waals surface area contributed by atoms with E-state index in [1.54, 1.807) is 0 Å². The van der Waals surface area contributed by atoms with E-state index in [1.165, 1.54) is 141 Å². The first-order valence-corrected chi connectivity index (χ1v) is 17.1. The average Bonchev–Trinajstić information content (AvgIpc) is 2.84. The summed E-state index contributed by atoms with van der Waals surface area (Å²) in [7, 11) is -4.37. The van der Waals surface area contributed by atoms with Crippen molar-refractivity contribution in [1.82, 2.24) is 0 Å². The normalized spacial score (nSPS) is 13.1. The van der Waals surface area contributed by atoms with E-state index in [0.29, 0.717) is 0 Å². The summed E-state index contributed by atoms with van der Waals surface area (Å²) >= 11 is 0. The minimum absolute atomic E-state index is 0.0472. The fourth-order valence-electron chi connectivity index (χ4n) is 4.87. The number of rotatable bonds is 29. The molecule has 0 spiro atoms. The zero-order chi connectivity index (χ0) is 26.6. The standard InChI is InChI=1S/C31H62O4S/c1-3-5-7-9-11-13-15-17-19-21-23-25-27-29-31(30-35-36(32,33)34)28-26-24-22-20-18-16-14-12-10-8-6-4-2/h27,29,31H,3-26,28,30H2,1-2H3,(H,32,33,34)/b29-27+. The second kappa shape index (κ2) is 27.6. The van der Waals surface area contributed by atoms with Crippen LogP contribution in [0.2, 0.25) is 0 Å². The summed E-state index contributed by atoms with van der Waals surface area (Å²) in [5.74, 6) is 0.0581. The van der Waals surface area contributed by atoms with Crippen molar-refractivity contribution in [2.45, 2.75) is 174 Å². The Morgan fingerprint density at radius 2 is 0.944 bits per heavy atom. The average molecular weight is 531 g/mol. The van der Waals surface area contributed by atoms with Crippen LogP contribution in [0.3, 0.4) is 0 Å². The highest BCUT2D eigenvalue weighted by molar-refractivity contribution is 7.80. The van der Waals surface area contributed by atoms with Gasteiger partial charge in [-0.1, -0.05) is 167 Å². The van der Waals surface area contributed by atoms with Crippen molar-refractivity contribution < 1.29 is 17.2 Å². The lowest BCUT2D eigenvalue weighted by atomic mass is 9.99. The second-order valence-electron chi connectivity index (χ2n) is 10.9. The van der Waals surface area contributed by atoms with Crippen molar-refractivity contribution >= 4 is 10.4 Å².